The van der Waals surface area contributed by atoms with E-state index in [-0.39, 0.29) is 0 Å². The molecule has 0 saturated carbocycles. The maximum atomic E-state index is 5.51. The van der Waals surface area contributed by atoms with Gasteiger partial charge in [0.05, 0.1) is 0 Å². The average molecular weight is 328 g/mol. The Morgan fingerprint density at radius 3 is 2.83 bits per heavy atom. The van der Waals surface area contributed by atoms with Crippen molar-refractivity contribution in [2.45, 2.75) is 45.3 Å². The Morgan fingerprint density at radius 2 is 2.08 bits per heavy atom. The summed E-state index contributed by atoms with van der Waals surface area (Å²) < 4.78 is 7.63. The molecular formula is C19H28N4O. The molecular weight excluding hydrogens is 300 g/mol. The summed E-state index contributed by atoms with van der Waals surface area (Å²) in [6.07, 6.45) is 3.41. The summed E-state index contributed by atoms with van der Waals surface area (Å²) in [5.41, 5.74) is 1.34. The number of likely N-dealkylation sites (N-methyl/N-ethyl adjacent to an activating group) is 1. The molecule has 5 heteroatoms. The van der Waals surface area contributed by atoms with Crippen molar-refractivity contribution in [2.24, 2.45) is 0 Å². The highest BCUT2D eigenvalue weighted by Gasteiger charge is 2.24. The summed E-state index contributed by atoms with van der Waals surface area (Å²) >= 11 is 0. The summed E-state index contributed by atoms with van der Waals surface area (Å²) in [7, 11) is 2.19. The summed E-state index contributed by atoms with van der Waals surface area (Å²) in [6.45, 7) is 6.32. The van der Waals surface area contributed by atoms with E-state index < -0.39 is 0 Å². The Kier molecular flexibility index (Phi) is 5.99. The Bertz CT molecular complexity index is 626. The van der Waals surface area contributed by atoms with Gasteiger partial charge in [0, 0.05) is 25.6 Å². The molecule has 130 valence electrons. The summed E-state index contributed by atoms with van der Waals surface area (Å²) in [5, 5.41) is 4.73. The zero-order valence-electron chi connectivity index (χ0n) is 14.8. The molecule has 1 saturated heterocycles. The van der Waals surface area contributed by atoms with Crippen LogP contribution in [0.1, 0.15) is 42.9 Å². The van der Waals surface area contributed by atoms with Gasteiger partial charge in [0.15, 0.2) is 5.82 Å². The van der Waals surface area contributed by atoms with Gasteiger partial charge in [0.2, 0.25) is 0 Å². The molecule has 1 aromatic carbocycles. The number of likely N-dealkylation sites (tertiary alicyclic amines) is 1. The van der Waals surface area contributed by atoms with Crippen molar-refractivity contribution < 1.29 is 4.74 Å². The van der Waals surface area contributed by atoms with E-state index in [0.29, 0.717) is 19.1 Å². The second-order valence-electron chi connectivity index (χ2n) is 6.58. The van der Waals surface area contributed by atoms with Crippen molar-refractivity contribution in [3.8, 4) is 0 Å². The number of nitrogens with zero attached hydrogens (tertiary/aromatic N) is 4. The van der Waals surface area contributed by atoms with Gasteiger partial charge in [-0.25, -0.2) is 9.67 Å². The van der Waals surface area contributed by atoms with Crippen LogP contribution in [-0.2, 0) is 24.3 Å². The van der Waals surface area contributed by atoms with E-state index in [0.717, 1.165) is 31.2 Å². The third kappa shape index (κ3) is 4.42. The normalized spacial score (nSPS) is 18.8. The van der Waals surface area contributed by atoms with Crippen molar-refractivity contribution in [2.75, 3.05) is 26.7 Å². The highest BCUT2D eigenvalue weighted by atomic mass is 16.5. The van der Waals surface area contributed by atoms with Gasteiger partial charge in [-0.3, -0.25) is 0 Å². The van der Waals surface area contributed by atoms with Crippen LogP contribution in [-0.4, -0.2) is 46.4 Å². The second-order valence-corrected chi connectivity index (χ2v) is 6.58. The Labute approximate surface area is 144 Å². The predicted molar refractivity (Wildman–Crippen MR) is 95.0 cm³/mol. The molecule has 1 aromatic heterocycles. The SMILES string of the molecule is CCOCc1nc([C@@H]2CCCN(C)C2)n(CCc2ccccc2)n1. The number of ether oxygens (including phenoxy) is 1. The summed E-state index contributed by atoms with van der Waals surface area (Å²) in [5.74, 6) is 2.42. The molecule has 3 rings (SSSR count). The van der Waals surface area contributed by atoms with Crippen molar-refractivity contribution in [3.63, 3.8) is 0 Å². The lowest BCUT2D eigenvalue weighted by molar-refractivity contribution is 0.128. The fraction of sp³-hybridized carbons (Fsp3) is 0.579. The van der Waals surface area contributed by atoms with Gasteiger partial charge < -0.3 is 9.64 Å². The van der Waals surface area contributed by atoms with Crippen LogP contribution < -0.4 is 0 Å². The van der Waals surface area contributed by atoms with Crippen LogP contribution in [0.2, 0.25) is 0 Å². The molecule has 0 N–H and O–H groups in total. The zero-order chi connectivity index (χ0) is 16.8. The van der Waals surface area contributed by atoms with Gasteiger partial charge in [-0.15, -0.1) is 0 Å². The Balaban J connectivity index is 1.75. The maximum Gasteiger partial charge on any atom is 0.176 e. The third-order valence-corrected chi connectivity index (χ3v) is 4.62. The maximum absolute atomic E-state index is 5.51. The van der Waals surface area contributed by atoms with Crippen molar-refractivity contribution >= 4 is 0 Å². The van der Waals surface area contributed by atoms with Gasteiger partial charge in [-0.2, -0.15) is 5.10 Å². The standard InChI is InChI=1S/C19H28N4O/c1-3-24-15-18-20-19(17-10-7-12-22(2)14-17)23(21-18)13-11-16-8-5-4-6-9-16/h4-6,8-9,17H,3,7,10-15H2,1-2H3/t17-/m1/s1. The van der Waals surface area contributed by atoms with Crippen LogP contribution in [0.3, 0.4) is 0 Å². The molecule has 1 fully saturated rings. The van der Waals surface area contributed by atoms with Gasteiger partial charge in [0.25, 0.3) is 0 Å². The predicted octanol–water partition coefficient (Wildman–Crippen LogP) is 2.87. The van der Waals surface area contributed by atoms with Crippen LogP contribution in [0.25, 0.3) is 0 Å². The highest BCUT2D eigenvalue weighted by molar-refractivity contribution is 5.15. The fourth-order valence-corrected chi connectivity index (χ4v) is 3.38. The number of rotatable bonds is 7. The molecule has 0 unspecified atom stereocenters. The topological polar surface area (TPSA) is 43.2 Å². The van der Waals surface area contributed by atoms with Crippen LogP contribution in [0.4, 0.5) is 0 Å². The van der Waals surface area contributed by atoms with E-state index in [4.69, 9.17) is 14.8 Å². The van der Waals surface area contributed by atoms with Crippen LogP contribution in [0, 0.1) is 0 Å². The molecule has 1 aliphatic rings. The average Bonchev–Trinajstić information content (AvgIpc) is 3.02. The lowest BCUT2D eigenvalue weighted by Crippen LogP contribution is -2.32. The fourth-order valence-electron chi connectivity index (χ4n) is 3.38. The molecule has 24 heavy (non-hydrogen) atoms. The van der Waals surface area contributed by atoms with E-state index in [1.54, 1.807) is 0 Å². The Morgan fingerprint density at radius 1 is 1.25 bits per heavy atom. The first-order valence-electron chi connectivity index (χ1n) is 9.00. The van der Waals surface area contributed by atoms with Crippen molar-refractivity contribution in [1.82, 2.24) is 19.7 Å². The van der Waals surface area contributed by atoms with E-state index in [9.17, 15) is 0 Å². The molecule has 0 amide bonds. The van der Waals surface area contributed by atoms with E-state index >= 15 is 0 Å². The van der Waals surface area contributed by atoms with Crippen LogP contribution in [0.15, 0.2) is 30.3 Å². The van der Waals surface area contributed by atoms with Crippen LogP contribution in [0.5, 0.6) is 0 Å². The molecule has 0 radical (unpaired) electrons. The number of aromatic nitrogens is 3. The lowest BCUT2D eigenvalue weighted by atomic mass is 9.97. The first-order valence-corrected chi connectivity index (χ1v) is 9.00. The third-order valence-electron chi connectivity index (χ3n) is 4.62. The molecule has 0 bridgehead atoms. The summed E-state index contributed by atoms with van der Waals surface area (Å²) in [6, 6.07) is 10.6. The minimum atomic E-state index is 0.474. The first-order chi connectivity index (χ1) is 11.8. The van der Waals surface area contributed by atoms with Gasteiger partial charge in [0.1, 0.15) is 12.4 Å². The largest absolute Gasteiger partial charge is 0.374 e. The molecule has 0 aliphatic carbocycles. The number of aryl methyl sites for hydroxylation is 2. The van der Waals surface area contributed by atoms with Crippen molar-refractivity contribution in [3.05, 3.63) is 47.5 Å². The van der Waals surface area contributed by atoms with Gasteiger partial charge >= 0.3 is 0 Å². The quantitative estimate of drug-likeness (QED) is 0.784. The number of hydrogen-bond acceptors (Lipinski definition) is 4. The minimum absolute atomic E-state index is 0.474. The number of hydrogen-bond donors (Lipinski definition) is 0. The second kappa shape index (κ2) is 8.40. The van der Waals surface area contributed by atoms with E-state index in [1.807, 2.05) is 6.92 Å². The lowest BCUT2D eigenvalue weighted by Gasteiger charge is -2.29. The smallest absolute Gasteiger partial charge is 0.176 e. The molecule has 5 nitrogen and oxygen atoms in total. The van der Waals surface area contributed by atoms with Gasteiger partial charge in [-0.1, -0.05) is 30.3 Å². The van der Waals surface area contributed by atoms with Crippen molar-refractivity contribution in [1.29, 1.82) is 0 Å². The first kappa shape index (κ1) is 17.1. The monoisotopic (exact) mass is 328 g/mol. The highest BCUT2D eigenvalue weighted by Crippen LogP contribution is 2.25. The molecule has 1 atom stereocenters. The molecule has 2 heterocycles. The van der Waals surface area contributed by atoms with Crippen LogP contribution >= 0.6 is 0 Å². The molecule has 0 spiro atoms. The summed E-state index contributed by atoms with van der Waals surface area (Å²) in [4.78, 5) is 7.21. The molecule has 2 aromatic rings. The van der Waals surface area contributed by atoms with Gasteiger partial charge in [-0.05, 0) is 45.3 Å². The number of piperidine rings is 1. The Hall–Kier alpha value is -1.72. The number of benzene rings is 1. The zero-order valence-corrected chi connectivity index (χ0v) is 14.8. The molecule has 1 aliphatic heterocycles. The van der Waals surface area contributed by atoms with E-state index in [1.165, 1.54) is 24.9 Å². The minimum Gasteiger partial charge on any atom is -0.374 e. The van der Waals surface area contributed by atoms with E-state index in [2.05, 4.69) is 47.0 Å².